The molecule has 170 valence electrons. The second kappa shape index (κ2) is 11.0. The van der Waals surface area contributed by atoms with E-state index in [1.165, 1.54) is 11.8 Å². The van der Waals surface area contributed by atoms with E-state index in [2.05, 4.69) is 31.2 Å². The summed E-state index contributed by atoms with van der Waals surface area (Å²) in [5.41, 5.74) is 1.87. The highest BCUT2D eigenvalue weighted by Gasteiger charge is 2.19. The van der Waals surface area contributed by atoms with Gasteiger partial charge in [-0.25, -0.2) is 4.98 Å². The van der Waals surface area contributed by atoms with Crippen LogP contribution in [0.2, 0.25) is 0 Å². The maximum atomic E-state index is 12.4. The first-order valence-corrected chi connectivity index (χ1v) is 11.9. The Morgan fingerprint density at radius 2 is 2.00 bits per heavy atom. The van der Waals surface area contributed by atoms with Gasteiger partial charge in [0.05, 0.1) is 16.8 Å². The summed E-state index contributed by atoms with van der Waals surface area (Å²) >= 11 is 4.71. The molecule has 0 radical (unpaired) electrons. The van der Waals surface area contributed by atoms with Crippen LogP contribution in [-0.4, -0.2) is 35.3 Å². The maximum absolute atomic E-state index is 12.4. The number of thioether (sulfide) groups is 1. The van der Waals surface area contributed by atoms with E-state index >= 15 is 0 Å². The number of rotatable bonds is 8. The Bertz CT molecular complexity index is 1270. The quantitative estimate of drug-likeness (QED) is 0.326. The molecule has 0 spiro atoms. The van der Waals surface area contributed by atoms with E-state index < -0.39 is 5.56 Å². The van der Waals surface area contributed by atoms with Crippen LogP contribution in [0.1, 0.15) is 18.1 Å². The number of nitriles is 1. The topological polar surface area (TPSA) is 117 Å². The highest BCUT2D eigenvalue weighted by molar-refractivity contribution is 9.10. The van der Waals surface area contributed by atoms with Crippen LogP contribution >= 0.6 is 27.7 Å². The molecule has 1 heterocycles. The first kappa shape index (κ1) is 24.4. The van der Waals surface area contributed by atoms with Crippen molar-refractivity contribution in [3.05, 3.63) is 62.4 Å². The fraction of sp³-hybridized carbons (Fsp3) is 0.217. The lowest BCUT2D eigenvalue weighted by molar-refractivity contribution is -0.118. The van der Waals surface area contributed by atoms with Crippen LogP contribution in [0.15, 0.2) is 50.8 Å². The smallest absolute Gasteiger partial charge is 0.270 e. The average Bonchev–Trinajstić information content (AvgIpc) is 2.79. The molecule has 2 aromatic carbocycles. The van der Waals surface area contributed by atoms with E-state index in [9.17, 15) is 14.9 Å². The van der Waals surface area contributed by atoms with Crippen molar-refractivity contribution in [3.63, 3.8) is 0 Å². The van der Waals surface area contributed by atoms with Crippen molar-refractivity contribution in [1.82, 2.24) is 9.97 Å². The molecule has 3 rings (SSSR count). The highest BCUT2D eigenvalue weighted by Crippen LogP contribution is 2.40. The van der Waals surface area contributed by atoms with Crippen LogP contribution in [0.4, 0.5) is 5.69 Å². The molecule has 10 heteroatoms. The van der Waals surface area contributed by atoms with Gasteiger partial charge in [-0.2, -0.15) is 5.26 Å². The Balaban J connectivity index is 1.90. The molecule has 0 aliphatic heterocycles. The molecule has 0 fully saturated rings. The summed E-state index contributed by atoms with van der Waals surface area (Å²) in [6, 6.07) is 12.6. The van der Waals surface area contributed by atoms with Gasteiger partial charge in [0.25, 0.3) is 11.5 Å². The number of carbonyl (C=O) groups is 1. The number of carbonyl (C=O) groups excluding carboxylic acids is 1. The van der Waals surface area contributed by atoms with Gasteiger partial charge in [-0.05, 0) is 60.3 Å². The number of nitrogens with zero attached hydrogens (tertiary/aromatic N) is 2. The van der Waals surface area contributed by atoms with Gasteiger partial charge in [0, 0.05) is 11.3 Å². The lowest BCUT2D eigenvalue weighted by Crippen LogP contribution is -2.20. The summed E-state index contributed by atoms with van der Waals surface area (Å²) in [7, 11) is 0. The van der Waals surface area contributed by atoms with Crippen LogP contribution in [0, 0.1) is 18.3 Å². The third-order valence-electron chi connectivity index (χ3n) is 4.47. The van der Waals surface area contributed by atoms with Crippen molar-refractivity contribution in [2.45, 2.75) is 19.0 Å². The number of aryl methyl sites for hydroxylation is 1. The summed E-state index contributed by atoms with van der Waals surface area (Å²) in [5, 5.41) is 12.6. The number of hydrogen-bond donors (Lipinski definition) is 2. The third-order valence-corrected chi connectivity index (χ3v) is 5.64. The Kier molecular flexibility index (Phi) is 8.14. The number of benzene rings is 2. The minimum Gasteiger partial charge on any atom is -0.490 e. The molecule has 2 N–H and O–H groups in total. The first-order chi connectivity index (χ1) is 15.9. The van der Waals surface area contributed by atoms with Gasteiger partial charge >= 0.3 is 0 Å². The van der Waals surface area contributed by atoms with Crippen LogP contribution in [-0.2, 0) is 4.79 Å². The van der Waals surface area contributed by atoms with Crippen LogP contribution in [0.3, 0.4) is 0 Å². The number of halogens is 1. The van der Waals surface area contributed by atoms with Gasteiger partial charge in [-0.15, -0.1) is 0 Å². The van der Waals surface area contributed by atoms with E-state index in [0.29, 0.717) is 39.0 Å². The zero-order valence-corrected chi connectivity index (χ0v) is 20.6. The van der Waals surface area contributed by atoms with E-state index in [1.54, 1.807) is 18.4 Å². The lowest BCUT2D eigenvalue weighted by atomic mass is 10.1. The number of aromatic nitrogens is 2. The predicted octanol–water partition coefficient (Wildman–Crippen LogP) is 4.52. The Labute approximate surface area is 203 Å². The van der Waals surface area contributed by atoms with Gasteiger partial charge < -0.3 is 19.8 Å². The summed E-state index contributed by atoms with van der Waals surface area (Å²) in [6.45, 7) is 3.88. The van der Waals surface area contributed by atoms with E-state index in [0.717, 1.165) is 5.56 Å². The molecule has 0 atom stereocenters. The standard InChI is InChI=1S/C23H21BrN4O4S/c1-4-31-18-10-14(20-16(11-25)22(30)28-23(27-20)33-3)9-17(24)21(18)32-12-19(29)26-15-7-5-13(2)6-8-15/h5-10H,4,12H2,1-3H3,(H,26,29)(H,27,28,30). The second-order valence-electron chi connectivity index (χ2n) is 6.83. The number of aromatic amines is 1. The van der Waals surface area contributed by atoms with Gasteiger partial charge in [0.1, 0.15) is 11.6 Å². The molecule has 0 aliphatic carbocycles. The molecular weight excluding hydrogens is 508 g/mol. The minimum atomic E-state index is -0.519. The number of anilines is 1. The molecule has 33 heavy (non-hydrogen) atoms. The number of H-pyrrole nitrogens is 1. The average molecular weight is 529 g/mol. The Morgan fingerprint density at radius 1 is 1.27 bits per heavy atom. The third kappa shape index (κ3) is 5.94. The molecule has 1 amide bonds. The zero-order valence-electron chi connectivity index (χ0n) is 18.2. The van der Waals surface area contributed by atoms with Crippen molar-refractivity contribution in [3.8, 4) is 28.8 Å². The van der Waals surface area contributed by atoms with Crippen molar-refractivity contribution < 1.29 is 14.3 Å². The van der Waals surface area contributed by atoms with E-state index in [4.69, 9.17) is 9.47 Å². The van der Waals surface area contributed by atoms with Crippen molar-refractivity contribution in [2.75, 3.05) is 24.8 Å². The first-order valence-electron chi connectivity index (χ1n) is 9.90. The van der Waals surface area contributed by atoms with Crippen LogP contribution in [0.25, 0.3) is 11.3 Å². The molecule has 8 nitrogen and oxygen atoms in total. The molecule has 0 unspecified atom stereocenters. The number of hydrogen-bond acceptors (Lipinski definition) is 7. The summed E-state index contributed by atoms with van der Waals surface area (Å²) < 4.78 is 12.0. The minimum absolute atomic E-state index is 0.103. The van der Waals surface area contributed by atoms with Gasteiger partial charge in [0.15, 0.2) is 23.3 Å². The highest BCUT2D eigenvalue weighted by atomic mass is 79.9. The molecule has 0 aliphatic rings. The molecule has 0 saturated carbocycles. The van der Waals surface area contributed by atoms with Crippen molar-refractivity contribution >= 4 is 39.3 Å². The van der Waals surface area contributed by atoms with Gasteiger partial charge in [0.2, 0.25) is 0 Å². The number of amides is 1. The second-order valence-corrected chi connectivity index (χ2v) is 8.48. The predicted molar refractivity (Wildman–Crippen MR) is 131 cm³/mol. The fourth-order valence-corrected chi connectivity index (χ4v) is 3.88. The largest absolute Gasteiger partial charge is 0.490 e. The Morgan fingerprint density at radius 3 is 2.64 bits per heavy atom. The molecule has 0 bridgehead atoms. The zero-order chi connectivity index (χ0) is 24.0. The molecular formula is C23H21BrN4O4S. The fourth-order valence-electron chi connectivity index (χ4n) is 2.94. The molecule has 1 aromatic heterocycles. The summed E-state index contributed by atoms with van der Waals surface area (Å²) in [4.78, 5) is 31.6. The SMILES string of the molecule is CCOc1cc(-c2nc(SC)[nH]c(=O)c2C#N)cc(Br)c1OCC(=O)Nc1ccc(C)cc1. The van der Waals surface area contributed by atoms with Crippen molar-refractivity contribution in [1.29, 1.82) is 5.26 Å². The molecule has 3 aromatic rings. The van der Waals surface area contributed by atoms with Crippen molar-refractivity contribution in [2.24, 2.45) is 0 Å². The normalized spacial score (nSPS) is 10.4. The Hall–Kier alpha value is -3.29. The summed E-state index contributed by atoms with van der Waals surface area (Å²) in [5.74, 6) is 0.347. The van der Waals surface area contributed by atoms with Gasteiger partial charge in [-0.3, -0.25) is 9.59 Å². The molecule has 0 saturated heterocycles. The van der Waals surface area contributed by atoms with Crippen LogP contribution in [0.5, 0.6) is 11.5 Å². The monoisotopic (exact) mass is 528 g/mol. The summed E-state index contributed by atoms with van der Waals surface area (Å²) in [6.07, 6.45) is 1.77. The van der Waals surface area contributed by atoms with E-state index in [-0.39, 0.29) is 23.8 Å². The lowest BCUT2D eigenvalue weighted by Gasteiger charge is -2.16. The van der Waals surface area contributed by atoms with Crippen LogP contribution < -0.4 is 20.3 Å². The van der Waals surface area contributed by atoms with E-state index in [1.807, 2.05) is 44.2 Å². The number of ether oxygens (including phenoxy) is 2. The maximum Gasteiger partial charge on any atom is 0.270 e. The van der Waals surface area contributed by atoms with Gasteiger partial charge in [-0.1, -0.05) is 29.5 Å². The number of nitrogens with one attached hydrogen (secondary N) is 2.